The Morgan fingerprint density at radius 2 is 1.64 bits per heavy atom. The molecule has 0 aliphatic carbocycles. The number of nitrogens with one attached hydrogen (secondary N) is 1. The van der Waals surface area contributed by atoms with Gasteiger partial charge in [-0.25, -0.2) is 0 Å². The van der Waals surface area contributed by atoms with Crippen molar-refractivity contribution < 1.29 is 4.79 Å². The molecule has 1 heterocycles. The van der Waals surface area contributed by atoms with Crippen molar-refractivity contribution in [3.63, 3.8) is 0 Å². The zero-order valence-electron chi connectivity index (χ0n) is 17.5. The lowest BCUT2D eigenvalue weighted by Gasteiger charge is -2.35. The molecule has 3 rings (SSSR count). The summed E-state index contributed by atoms with van der Waals surface area (Å²) in [7, 11) is 0. The van der Waals surface area contributed by atoms with Crippen LogP contribution in [0.25, 0.3) is 0 Å². The van der Waals surface area contributed by atoms with Gasteiger partial charge in [0.1, 0.15) is 0 Å². The molecule has 1 aliphatic rings. The molecule has 2 aromatic carbocycles. The summed E-state index contributed by atoms with van der Waals surface area (Å²) in [6, 6.07) is 14.9. The molecule has 0 spiro atoms. The number of hydrogen-bond donors (Lipinski definition) is 1. The minimum Gasteiger partial charge on any atom is -0.369 e. The summed E-state index contributed by atoms with van der Waals surface area (Å²) in [4.78, 5) is 17.3. The Hall–Kier alpha value is -2.33. The van der Waals surface area contributed by atoms with Crippen molar-refractivity contribution in [2.75, 3.05) is 42.9 Å². The summed E-state index contributed by atoms with van der Waals surface area (Å²) in [5.74, 6) is 0.0759. The standard InChI is InChI=1S/C24H33N3O/c1-4-20-6-8-21(9-7-20)10-13-24(28)25-23-12-11-22(18-19(23)3)27-16-14-26(5-2)15-17-27/h6-9,11-12,18H,4-5,10,13-17H2,1-3H3,(H,25,28). The molecular formula is C24H33N3O. The van der Waals surface area contributed by atoms with Gasteiger partial charge < -0.3 is 15.1 Å². The molecule has 1 amide bonds. The molecule has 4 heteroatoms. The molecule has 0 radical (unpaired) electrons. The van der Waals surface area contributed by atoms with Crippen molar-refractivity contribution >= 4 is 17.3 Å². The number of aryl methyl sites for hydroxylation is 3. The Kier molecular flexibility index (Phi) is 7.10. The molecule has 1 fully saturated rings. The third-order valence-corrected chi connectivity index (χ3v) is 5.74. The Bertz CT molecular complexity index is 777. The maximum atomic E-state index is 12.4. The zero-order valence-corrected chi connectivity index (χ0v) is 17.5. The summed E-state index contributed by atoms with van der Waals surface area (Å²) in [6.07, 6.45) is 2.32. The van der Waals surface area contributed by atoms with Crippen molar-refractivity contribution in [1.82, 2.24) is 4.90 Å². The van der Waals surface area contributed by atoms with Crippen molar-refractivity contribution in [1.29, 1.82) is 0 Å². The second kappa shape index (κ2) is 9.74. The quantitative estimate of drug-likeness (QED) is 0.780. The first kappa shape index (κ1) is 20.4. The van der Waals surface area contributed by atoms with Gasteiger partial charge >= 0.3 is 0 Å². The number of likely N-dealkylation sites (N-methyl/N-ethyl adjacent to an activating group) is 1. The fraction of sp³-hybridized carbons (Fsp3) is 0.458. The van der Waals surface area contributed by atoms with E-state index >= 15 is 0 Å². The highest BCUT2D eigenvalue weighted by atomic mass is 16.1. The summed E-state index contributed by atoms with van der Waals surface area (Å²) in [5.41, 5.74) is 5.84. The van der Waals surface area contributed by atoms with Gasteiger partial charge in [-0.2, -0.15) is 0 Å². The maximum absolute atomic E-state index is 12.4. The number of anilines is 2. The van der Waals surface area contributed by atoms with E-state index in [2.05, 4.69) is 72.3 Å². The number of benzene rings is 2. The molecule has 2 aromatic rings. The first-order valence-corrected chi connectivity index (χ1v) is 10.5. The lowest BCUT2D eigenvalue weighted by molar-refractivity contribution is -0.116. The molecule has 1 aliphatic heterocycles. The van der Waals surface area contributed by atoms with Gasteiger partial charge in [0, 0.05) is 44.0 Å². The third kappa shape index (κ3) is 5.35. The van der Waals surface area contributed by atoms with E-state index in [-0.39, 0.29) is 5.91 Å². The fourth-order valence-electron chi connectivity index (χ4n) is 3.72. The van der Waals surface area contributed by atoms with Crippen LogP contribution in [0.5, 0.6) is 0 Å². The second-order valence-corrected chi connectivity index (χ2v) is 7.64. The molecular weight excluding hydrogens is 346 g/mol. The maximum Gasteiger partial charge on any atom is 0.224 e. The van der Waals surface area contributed by atoms with E-state index in [1.165, 1.54) is 16.8 Å². The summed E-state index contributed by atoms with van der Waals surface area (Å²) in [6.45, 7) is 11.9. The van der Waals surface area contributed by atoms with Gasteiger partial charge in [0.15, 0.2) is 0 Å². The number of amides is 1. The lowest BCUT2D eigenvalue weighted by atomic mass is 10.1. The average molecular weight is 380 g/mol. The van der Waals surface area contributed by atoms with Crippen LogP contribution in [0.1, 0.15) is 37.0 Å². The summed E-state index contributed by atoms with van der Waals surface area (Å²) < 4.78 is 0. The molecule has 28 heavy (non-hydrogen) atoms. The van der Waals surface area contributed by atoms with Crippen LogP contribution in [0, 0.1) is 6.92 Å². The van der Waals surface area contributed by atoms with Crippen LogP contribution < -0.4 is 10.2 Å². The van der Waals surface area contributed by atoms with E-state index in [1.807, 2.05) is 6.07 Å². The molecule has 1 N–H and O–H groups in total. The fourth-order valence-corrected chi connectivity index (χ4v) is 3.72. The van der Waals surface area contributed by atoms with Crippen LogP contribution in [0.3, 0.4) is 0 Å². The Morgan fingerprint density at radius 1 is 0.964 bits per heavy atom. The van der Waals surface area contributed by atoms with Crippen molar-refractivity contribution in [2.24, 2.45) is 0 Å². The van der Waals surface area contributed by atoms with Crippen LogP contribution in [-0.2, 0) is 17.6 Å². The SMILES string of the molecule is CCc1ccc(CCC(=O)Nc2ccc(N3CCN(CC)CC3)cc2C)cc1. The molecule has 4 nitrogen and oxygen atoms in total. The largest absolute Gasteiger partial charge is 0.369 e. The number of piperazine rings is 1. The molecule has 0 atom stereocenters. The van der Waals surface area contributed by atoms with E-state index in [1.54, 1.807) is 0 Å². The van der Waals surface area contributed by atoms with Crippen molar-refractivity contribution in [2.45, 2.75) is 40.0 Å². The average Bonchev–Trinajstić information content (AvgIpc) is 2.74. The van der Waals surface area contributed by atoms with E-state index in [0.29, 0.717) is 6.42 Å². The summed E-state index contributed by atoms with van der Waals surface area (Å²) in [5, 5.41) is 3.08. The van der Waals surface area contributed by atoms with Gasteiger partial charge in [-0.1, -0.05) is 38.1 Å². The number of nitrogens with zero attached hydrogens (tertiary/aromatic N) is 2. The van der Waals surface area contributed by atoms with Crippen LogP contribution in [0.2, 0.25) is 0 Å². The van der Waals surface area contributed by atoms with Crippen LogP contribution in [-0.4, -0.2) is 43.5 Å². The first-order chi connectivity index (χ1) is 13.6. The predicted octanol–water partition coefficient (Wildman–Crippen LogP) is 4.27. The number of hydrogen-bond acceptors (Lipinski definition) is 3. The topological polar surface area (TPSA) is 35.6 Å². The first-order valence-electron chi connectivity index (χ1n) is 10.5. The van der Waals surface area contributed by atoms with Gasteiger partial charge in [-0.15, -0.1) is 0 Å². The number of carbonyl (C=O) groups is 1. The van der Waals surface area contributed by atoms with Crippen LogP contribution in [0.15, 0.2) is 42.5 Å². The van der Waals surface area contributed by atoms with Crippen molar-refractivity contribution in [3.8, 4) is 0 Å². The van der Waals surface area contributed by atoms with E-state index in [0.717, 1.165) is 56.8 Å². The highest BCUT2D eigenvalue weighted by Crippen LogP contribution is 2.24. The van der Waals surface area contributed by atoms with Gasteiger partial charge in [0.2, 0.25) is 5.91 Å². The second-order valence-electron chi connectivity index (χ2n) is 7.64. The van der Waals surface area contributed by atoms with Crippen LogP contribution >= 0.6 is 0 Å². The van der Waals surface area contributed by atoms with E-state index in [9.17, 15) is 4.79 Å². The van der Waals surface area contributed by atoms with Gasteiger partial charge in [-0.3, -0.25) is 4.79 Å². The minimum absolute atomic E-state index is 0.0759. The number of rotatable bonds is 7. The highest BCUT2D eigenvalue weighted by molar-refractivity contribution is 5.91. The number of carbonyl (C=O) groups excluding carboxylic acids is 1. The van der Waals surface area contributed by atoms with Gasteiger partial charge in [0.25, 0.3) is 0 Å². The minimum atomic E-state index is 0.0759. The lowest BCUT2D eigenvalue weighted by Crippen LogP contribution is -2.46. The van der Waals surface area contributed by atoms with Gasteiger partial charge in [0.05, 0.1) is 0 Å². The zero-order chi connectivity index (χ0) is 19.9. The molecule has 0 saturated carbocycles. The van der Waals surface area contributed by atoms with E-state index in [4.69, 9.17) is 0 Å². The molecule has 150 valence electrons. The molecule has 0 aromatic heterocycles. The highest BCUT2D eigenvalue weighted by Gasteiger charge is 2.16. The predicted molar refractivity (Wildman–Crippen MR) is 118 cm³/mol. The monoisotopic (exact) mass is 379 g/mol. The smallest absolute Gasteiger partial charge is 0.224 e. The Labute approximate surface area is 169 Å². The summed E-state index contributed by atoms with van der Waals surface area (Å²) >= 11 is 0. The molecule has 0 bridgehead atoms. The normalized spacial score (nSPS) is 14.9. The third-order valence-electron chi connectivity index (χ3n) is 5.74. The molecule has 1 saturated heterocycles. The molecule has 0 unspecified atom stereocenters. The van der Waals surface area contributed by atoms with E-state index < -0.39 is 0 Å². The Morgan fingerprint density at radius 3 is 2.25 bits per heavy atom. The van der Waals surface area contributed by atoms with Crippen LogP contribution in [0.4, 0.5) is 11.4 Å². The van der Waals surface area contributed by atoms with Gasteiger partial charge in [-0.05, 0) is 61.2 Å². The van der Waals surface area contributed by atoms with Crippen molar-refractivity contribution in [3.05, 3.63) is 59.2 Å². The Balaban J connectivity index is 1.53.